The van der Waals surface area contributed by atoms with Crippen molar-refractivity contribution < 1.29 is 0 Å². The summed E-state index contributed by atoms with van der Waals surface area (Å²) in [6.07, 6.45) is 0. The maximum atomic E-state index is 8.74. The van der Waals surface area contributed by atoms with E-state index in [1.807, 2.05) is 17.5 Å². The van der Waals surface area contributed by atoms with E-state index in [4.69, 9.17) is 5.26 Å². The van der Waals surface area contributed by atoms with Crippen molar-refractivity contribution in [2.75, 3.05) is 5.32 Å². The van der Waals surface area contributed by atoms with Crippen molar-refractivity contribution in [3.63, 3.8) is 0 Å². The van der Waals surface area contributed by atoms with Crippen LogP contribution in [0.2, 0.25) is 0 Å². The van der Waals surface area contributed by atoms with Crippen molar-refractivity contribution in [1.29, 1.82) is 5.26 Å². The second kappa shape index (κ2) is 5.35. The SMILES string of the molecule is Cc1cc(Br)ccc1NCc1cc(C#N)cs1. The van der Waals surface area contributed by atoms with Gasteiger partial charge in [0.25, 0.3) is 0 Å². The predicted octanol–water partition coefficient (Wildman–Crippen LogP) is 4.30. The summed E-state index contributed by atoms with van der Waals surface area (Å²) in [5.74, 6) is 0. The van der Waals surface area contributed by atoms with Gasteiger partial charge in [-0.15, -0.1) is 11.3 Å². The summed E-state index contributed by atoms with van der Waals surface area (Å²) in [4.78, 5) is 1.17. The van der Waals surface area contributed by atoms with E-state index in [9.17, 15) is 0 Å². The Morgan fingerprint density at radius 2 is 2.24 bits per heavy atom. The molecular formula is C13H11BrN2S. The van der Waals surface area contributed by atoms with Gasteiger partial charge in [-0.2, -0.15) is 5.26 Å². The van der Waals surface area contributed by atoms with E-state index in [1.165, 1.54) is 10.4 Å². The van der Waals surface area contributed by atoms with E-state index in [0.717, 1.165) is 22.3 Å². The third-order valence-corrected chi connectivity index (χ3v) is 3.85. The highest BCUT2D eigenvalue weighted by Crippen LogP contribution is 2.22. The topological polar surface area (TPSA) is 35.8 Å². The Hall–Kier alpha value is -1.31. The van der Waals surface area contributed by atoms with Gasteiger partial charge in [-0.3, -0.25) is 0 Å². The molecule has 0 spiro atoms. The molecule has 0 atom stereocenters. The largest absolute Gasteiger partial charge is 0.380 e. The second-order valence-corrected chi connectivity index (χ2v) is 5.64. The molecule has 0 amide bonds. The number of nitrogens with zero attached hydrogens (tertiary/aromatic N) is 1. The lowest BCUT2D eigenvalue weighted by Gasteiger charge is -2.08. The number of nitriles is 1. The van der Waals surface area contributed by atoms with Crippen molar-refractivity contribution in [2.24, 2.45) is 0 Å². The van der Waals surface area contributed by atoms with Crippen LogP contribution >= 0.6 is 27.3 Å². The molecule has 1 aromatic heterocycles. The Bertz CT molecular complexity index is 569. The maximum absolute atomic E-state index is 8.74. The van der Waals surface area contributed by atoms with Crippen LogP contribution in [0.4, 0.5) is 5.69 Å². The predicted molar refractivity (Wildman–Crippen MR) is 75.2 cm³/mol. The van der Waals surface area contributed by atoms with Crippen LogP contribution in [0.25, 0.3) is 0 Å². The highest BCUT2D eigenvalue weighted by atomic mass is 79.9. The Balaban J connectivity index is 2.05. The molecule has 4 heteroatoms. The Kier molecular flexibility index (Phi) is 3.82. The number of anilines is 1. The maximum Gasteiger partial charge on any atom is 0.100 e. The molecule has 86 valence electrons. The fraction of sp³-hybridized carbons (Fsp3) is 0.154. The Morgan fingerprint density at radius 3 is 2.88 bits per heavy atom. The highest BCUT2D eigenvalue weighted by molar-refractivity contribution is 9.10. The molecule has 17 heavy (non-hydrogen) atoms. The molecule has 0 saturated carbocycles. The van der Waals surface area contributed by atoms with E-state index < -0.39 is 0 Å². The fourth-order valence-electron chi connectivity index (χ4n) is 1.54. The van der Waals surface area contributed by atoms with Gasteiger partial charge in [0.2, 0.25) is 0 Å². The molecular weight excluding hydrogens is 296 g/mol. The van der Waals surface area contributed by atoms with Crippen LogP contribution in [0, 0.1) is 18.3 Å². The van der Waals surface area contributed by atoms with Gasteiger partial charge in [-0.05, 0) is 36.8 Å². The molecule has 1 aromatic carbocycles. The molecule has 0 bridgehead atoms. The van der Waals surface area contributed by atoms with E-state index in [1.54, 1.807) is 11.3 Å². The van der Waals surface area contributed by atoms with Crippen LogP contribution in [-0.2, 0) is 6.54 Å². The summed E-state index contributed by atoms with van der Waals surface area (Å²) in [7, 11) is 0. The Morgan fingerprint density at radius 1 is 1.41 bits per heavy atom. The van der Waals surface area contributed by atoms with Gasteiger partial charge in [0.1, 0.15) is 6.07 Å². The lowest BCUT2D eigenvalue weighted by atomic mass is 10.2. The number of aryl methyl sites for hydroxylation is 1. The normalized spacial score (nSPS) is 9.94. The monoisotopic (exact) mass is 306 g/mol. The van der Waals surface area contributed by atoms with E-state index in [2.05, 4.69) is 46.4 Å². The molecule has 0 saturated heterocycles. The van der Waals surface area contributed by atoms with Crippen molar-refractivity contribution >= 4 is 33.0 Å². The average molecular weight is 307 g/mol. The summed E-state index contributed by atoms with van der Waals surface area (Å²) in [6.45, 7) is 2.83. The fourth-order valence-corrected chi connectivity index (χ4v) is 2.76. The standard InChI is InChI=1S/C13H11BrN2S/c1-9-4-11(14)2-3-13(9)16-7-12-5-10(6-15)8-17-12/h2-5,8,16H,7H2,1H3. The molecule has 2 nitrogen and oxygen atoms in total. The van der Waals surface area contributed by atoms with Crippen LogP contribution in [0.3, 0.4) is 0 Å². The first-order valence-electron chi connectivity index (χ1n) is 5.16. The first-order valence-corrected chi connectivity index (χ1v) is 6.84. The Labute approximate surface area is 113 Å². The molecule has 0 aliphatic heterocycles. The summed E-state index contributed by atoms with van der Waals surface area (Å²) < 4.78 is 1.09. The zero-order valence-corrected chi connectivity index (χ0v) is 11.7. The molecule has 0 unspecified atom stereocenters. The van der Waals surface area contributed by atoms with E-state index in [-0.39, 0.29) is 0 Å². The lowest BCUT2D eigenvalue weighted by molar-refractivity contribution is 1.18. The van der Waals surface area contributed by atoms with Crippen molar-refractivity contribution in [2.45, 2.75) is 13.5 Å². The first kappa shape index (κ1) is 12.2. The third kappa shape index (κ3) is 3.09. The van der Waals surface area contributed by atoms with Gasteiger partial charge in [-0.1, -0.05) is 15.9 Å². The van der Waals surface area contributed by atoms with Crippen LogP contribution in [0.15, 0.2) is 34.1 Å². The number of halogens is 1. The van der Waals surface area contributed by atoms with E-state index >= 15 is 0 Å². The van der Waals surface area contributed by atoms with Gasteiger partial charge in [-0.25, -0.2) is 0 Å². The van der Waals surface area contributed by atoms with Gasteiger partial charge < -0.3 is 5.32 Å². The first-order chi connectivity index (χ1) is 8.19. The summed E-state index contributed by atoms with van der Waals surface area (Å²) in [5, 5.41) is 14.0. The molecule has 2 aromatic rings. The number of thiophene rings is 1. The average Bonchev–Trinajstić information content (AvgIpc) is 2.76. The molecule has 0 aliphatic rings. The zero-order valence-electron chi connectivity index (χ0n) is 9.33. The number of hydrogen-bond donors (Lipinski definition) is 1. The summed E-state index contributed by atoms with van der Waals surface area (Å²) >= 11 is 5.05. The van der Waals surface area contributed by atoms with Crippen molar-refractivity contribution in [3.8, 4) is 6.07 Å². The molecule has 0 radical (unpaired) electrons. The molecule has 1 N–H and O–H groups in total. The minimum absolute atomic E-state index is 0.735. The lowest BCUT2D eigenvalue weighted by Crippen LogP contribution is -1.99. The van der Waals surface area contributed by atoms with E-state index in [0.29, 0.717) is 0 Å². The summed E-state index contributed by atoms with van der Waals surface area (Å²) in [6, 6.07) is 10.2. The number of benzene rings is 1. The molecule has 0 aliphatic carbocycles. The summed E-state index contributed by atoms with van der Waals surface area (Å²) in [5.41, 5.74) is 3.07. The van der Waals surface area contributed by atoms with Gasteiger partial charge >= 0.3 is 0 Å². The smallest absolute Gasteiger partial charge is 0.100 e. The quantitative estimate of drug-likeness (QED) is 0.917. The van der Waals surface area contributed by atoms with Crippen molar-refractivity contribution in [1.82, 2.24) is 0 Å². The van der Waals surface area contributed by atoms with Crippen LogP contribution in [0.1, 0.15) is 16.0 Å². The van der Waals surface area contributed by atoms with Crippen LogP contribution in [-0.4, -0.2) is 0 Å². The zero-order chi connectivity index (χ0) is 12.3. The minimum atomic E-state index is 0.735. The van der Waals surface area contributed by atoms with Crippen molar-refractivity contribution in [3.05, 3.63) is 50.1 Å². The number of nitrogens with one attached hydrogen (secondary N) is 1. The number of hydrogen-bond acceptors (Lipinski definition) is 3. The third-order valence-electron chi connectivity index (χ3n) is 2.42. The highest BCUT2D eigenvalue weighted by Gasteiger charge is 2.01. The molecule has 1 heterocycles. The van der Waals surface area contributed by atoms with Crippen LogP contribution < -0.4 is 5.32 Å². The second-order valence-electron chi connectivity index (χ2n) is 3.73. The van der Waals surface area contributed by atoms with Gasteiger partial charge in [0, 0.05) is 27.0 Å². The van der Waals surface area contributed by atoms with Crippen LogP contribution in [0.5, 0.6) is 0 Å². The minimum Gasteiger partial charge on any atom is -0.380 e. The molecule has 0 fully saturated rings. The molecule has 2 rings (SSSR count). The number of rotatable bonds is 3. The van der Waals surface area contributed by atoms with Gasteiger partial charge in [0.05, 0.1) is 5.56 Å². The van der Waals surface area contributed by atoms with Gasteiger partial charge in [0.15, 0.2) is 0 Å².